The highest BCUT2D eigenvalue weighted by atomic mass is 31.0. The van der Waals surface area contributed by atoms with E-state index in [1.54, 1.807) is 32.0 Å². The third kappa shape index (κ3) is 1.45. The molecule has 4 rings (SSSR count). The molecule has 1 aromatic heterocycles. The van der Waals surface area contributed by atoms with Gasteiger partial charge in [-0.05, 0) is 42.9 Å². The fourth-order valence-corrected chi connectivity index (χ4v) is 4.25. The number of rotatable bonds is 0. The van der Waals surface area contributed by atoms with E-state index >= 15 is 0 Å². The summed E-state index contributed by atoms with van der Waals surface area (Å²) in [6.07, 6.45) is 0. The van der Waals surface area contributed by atoms with Crippen molar-refractivity contribution in [3.05, 3.63) is 70.0 Å². The van der Waals surface area contributed by atoms with Gasteiger partial charge in [0.1, 0.15) is 0 Å². The van der Waals surface area contributed by atoms with Crippen LogP contribution in [0.5, 0.6) is 0 Å². The smallest absolute Gasteiger partial charge is 0.238 e. The van der Waals surface area contributed by atoms with Gasteiger partial charge < -0.3 is 0 Å². The van der Waals surface area contributed by atoms with Gasteiger partial charge in [0.2, 0.25) is 21.7 Å². The SMILES string of the molecule is Cc1cc2c3c(c1)c(=O)c(=O)c1pc(C)cc(c1-3)c(=O)c2=O. The predicted molar refractivity (Wildman–Crippen MR) is 88.7 cm³/mol. The van der Waals surface area contributed by atoms with Crippen molar-refractivity contribution < 1.29 is 0 Å². The van der Waals surface area contributed by atoms with Crippen LogP contribution in [0.1, 0.15) is 10.9 Å². The maximum absolute atomic E-state index is 12.4. The molecule has 106 valence electrons. The average Bonchev–Trinajstić information content (AvgIpc) is 2.48. The number of benzene rings is 3. The Balaban J connectivity index is 2.61. The van der Waals surface area contributed by atoms with E-state index < -0.39 is 21.7 Å². The highest BCUT2D eigenvalue weighted by Gasteiger charge is 2.25. The first-order valence-electron chi connectivity index (χ1n) is 6.75. The Labute approximate surface area is 125 Å². The van der Waals surface area contributed by atoms with Crippen LogP contribution in [0, 0.1) is 13.8 Å². The lowest BCUT2D eigenvalue weighted by Crippen LogP contribution is -2.31. The van der Waals surface area contributed by atoms with Crippen LogP contribution in [0.4, 0.5) is 0 Å². The summed E-state index contributed by atoms with van der Waals surface area (Å²) in [4.78, 5) is 49.5. The summed E-state index contributed by atoms with van der Waals surface area (Å²) < 4.78 is 0. The maximum Gasteiger partial charge on any atom is 0.238 e. The average molecular weight is 308 g/mol. The fraction of sp³-hybridized carbons (Fsp3) is 0.118. The first kappa shape index (κ1) is 13.2. The number of hydrogen-bond donors (Lipinski definition) is 0. The minimum atomic E-state index is -0.609. The van der Waals surface area contributed by atoms with Crippen LogP contribution in [-0.2, 0) is 0 Å². The molecule has 2 aliphatic carbocycles. The molecule has 4 nitrogen and oxygen atoms in total. The minimum absolute atomic E-state index is 0.236. The zero-order valence-corrected chi connectivity index (χ0v) is 12.7. The molecule has 0 bridgehead atoms. The van der Waals surface area contributed by atoms with Gasteiger partial charge in [-0.1, -0.05) is 8.19 Å². The minimum Gasteiger partial charge on any atom is -0.285 e. The van der Waals surface area contributed by atoms with Gasteiger partial charge in [-0.25, -0.2) is 0 Å². The normalized spacial score (nSPS) is 12.3. The summed E-state index contributed by atoms with van der Waals surface area (Å²) in [7, 11) is 0.625. The lowest BCUT2D eigenvalue weighted by molar-refractivity contribution is 1.45. The third-order valence-electron chi connectivity index (χ3n) is 4.04. The van der Waals surface area contributed by atoms with Gasteiger partial charge in [0.15, 0.2) is 0 Å². The molecule has 0 fully saturated rings. The molecular weight excluding hydrogens is 299 g/mol. The van der Waals surface area contributed by atoms with Gasteiger partial charge in [-0.15, -0.1) is 0 Å². The molecule has 2 aliphatic rings. The van der Waals surface area contributed by atoms with E-state index in [9.17, 15) is 19.2 Å². The molecule has 0 aliphatic heterocycles. The molecule has 0 spiro atoms. The molecule has 0 amide bonds. The number of hydrogen-bond acceptors (Lipinski definition) is 4. The predicted octanol–water partition coefficient (Wildman–Crippen LogP) is 2.05. The molecule has 0 radical (unpaired) electrons. The summed E-state index contributed by atoms with van der Waals surface area (Å²) in [5.74, 6) is 0. The molecule has 1 aromatic carbocycles. The highest BCUT2D eigenvalue weighted by molar-refractivity contribution is 7.37. The van der Waals surface area contributed by atoms with E-state index in [1.165, 1.54) is 0 Å². The Morgan fingerprint density at radius 1 is 0.682 bits per heavy atom. The van der Waals surface area contributed by atoms with Gasteiger partial charge in [0.05, 0.1) is 5.12 Å². The van der Waals surface area contributed by atoms with Crippen LogP contribution in [0.25, 0.3) is 32.4 Å². The highest BCUT2D eigenvalue weighted by Crippen LogP contribution is 2.38. The standard InChI is InChI=1S/C17H9O4P/c1-6-3-8-11-9(4-6)15(20)16(21)17-12(11)10(5-7(2)22-17)14(19)13(8)18/h3-5H,1-2H3. The van der Waals surface area contributed by atoms with Crippen LogP contribution in [-0.4, -0.2) is 0 Å². The van der Waals surface area contributed by atoms with Gasteiger partial charge >= 0.3 is 0 Å². The van der Waals surface area contributed by atoms with Gasteiger partial charge in [0, 0.05) is 27.3 Å². The Morgan fingerprint density at radius 2 is 1.18 bits per heavy atom. The van der Waals surface area contributed by atoms with Crippen LogP contribution >= 0.6 is 8.19 Å². The van der Waals surface area contributed by atoms with E-state index in [1.807, 2.05) is 0 Å². The molecule has 0 N–H and O–H groups in total. The van der Waals surface area contributed by atoms with Crippen LogP contribution < -0.4 is 21.7 Å². The first-order valence-corrected chi connectivity index (χ1v) is 7.64. The molecule has 0 atom stereocenters. The summed E-state index contributed by atoms with van der Waals surface area (Å²) in [6, 6.07) is 4.88. The number of aryl methyl sites for hydroxylation is 2. The van der Waals surface area contributed by atoms with Crippen LogP contribution in [0.3, 0.4) is 0 Å². The second-order valence-electron chi connectivity index (χ2n) is 5.59. The van der Waals surface area contributed by atoms with E-state index in [0.717, 1.165) is 5.30 Å². The zero-order chi connectivity index (χ0) is 15.8. The molecule has 2 aromatic rings. The lowest BCUT2D eigenvalue weighted by atomic mass is 9.89. The van der Waals surface area contributed by atoms with Crippen molar-refractivity contribution in [3.8, 4) is 11.1 Å². The second-order valence-corrected chi connectivity index (χ2v) is 6.96. The maximum atomic E-state index is 12.4. The topological polar surface area (TPSA) is 68.3 Å². The monoisotopic (exact) mass is 308 g/mol. The van der Waals surface area contributed by atoms with Gasteiger partial charge in [-0.2, -0.15) is 0 Å². The molecule has 22 heavy (non-hydrogen) atoms. The van der Waals surface area contributed by atoms with Crippen molar-refractivity contribution >= 4 is 29.5 Å². The van der Waals surface area contributed by atoms with Gasteiger partial charge in [0.25, 0.3) is 0 Å². The molecule has 0 saturated heterocycles. The van der Waals surface area contributed by atoms with Crippen molar-refractivity contribution in [2.24, 2.45) is 0 Å². The zero-order valence-electron chi connectivity index (χ0n) is 11.8. The van der Waals surface area contributed by atoms with E-state index in [0.29, 0.717) is 30.0 Å². The van der Waals surface area contributed by atoms with Crippen molar-refractivity contribution in [1.82, 2.24) is 0 Å². The lowest BCUT2D eigenvalue weighted by Gasteiger charge is -2.15. The largest absolute Gasteiger partial charge is 0.285 e. The van der Waals surface area contributed by atoms with Crippen LogP contribution in [0.2, 0.25) is 0 Å². The summed E-state index contributed by atoms with van der Waals surface area (Å²) in [5.41, 5.74) is -0.762. The van der Waals surface area contributed by atoms with E-state index in [4.69, 9.17) is 0 Å². The molecule has 0 unspecified atom stereocenters. The fourth-order valence-electron chi connectivity index (χ4n) is 3.16. The Kier molecular flexibility index (Phi) is 2.44. The third-order valence-corrected chi connectivity index (χ3v) is 5.17. The van der Waals surface area contributed by atoms with Gasteiger partial charge in [-0.3, -0.25) is 19.2 Å². The molecular formula is C17H9O4P. The van der Waals surface area contributed by atoms with Crippen LogP contribution in [0.15, 0.2) is 37.4 Å². The first-order chi connectivity index (χ1) is 10.4. The second kappa shape index (κ2) is 4.05. The summed E-state index contributed by atoms with van der Waals surface area (Å²) >= 11 is 0. The van der Waals surface area contributed by atoms with E-state index in [-0.39, 0.29) is 16.2 Å². The summed E-state index contributed by atoms with van der Waals surface area (Å²) in [5, 5.41) is 1.81. The van der Waals surface area contributed by atoms with Crippen molar-refractivity contribution in [3.63, 3.8) is 0 Å². The quantitative estimate of drug-likeness (QED) is 0.368. The van der Waals surface area contributed by atoms with Crippen molar-refractivity contribution in [2.45, 2.75) is 13.8 Å². The van der Waals surface area contributed by atoms with Crippen molar-refractivity contribution in [2.75, 3.05) is 0 Å². The Morgan fingerprint density at radius 3 is 1.77 bits per heavy atom. The Bertz CT molecular complexity index is 1070. The van der Waals surface area contributed by atoms with Crippen molar-refractivity contribution in [1.29, 1.82) is 0 Å². The molecule has 0 saturated carbocycles. The molecule has 1 heterocycles. The summed E-state index contributed by atoms with van der Waals surface area (Å²) in [6.45, 7) is 3.51. The van der Waals surface area contributed by atoms with E-state index in [2.05, 4.69) is 0 Å². The molecule has 5 heteroatoms. The Hall–Kier alpha value is -2.45.